The molecule has 0 aromatic carbocycles. The second-order valence-electron chi connectivity index (χ2n) is 9.23. The molecule has 31 heavy (non-hydrogen) atoms. The van der Waals surface area contributed by atoms with Gasteiger partial charge < -0.3 is 15.0 Å². The van der Waals surface area contributed by atoms with E-state index in [2.05, 4.69) is 41.2 Å². The summed E-state index contributed by atoms with van der Waals surface area (Å²) >= 11 is 0. The highest BCUT2D eigenvalue weighted by Gasteiger charge is 2.59. The topological polar surface area (TPSA) is 91.8 Å². The molecule has 164 valence electrons. The molecule has 0 unspecified atom stereocenters. The van der Waals surface area contributed by atoms with E-state index < -0.39 is 0 Å². The Kier molecular flexibility index (Phi) is 5.04. The summed E-state index contributed by atoms with van der Waals surface area (Å²) in [6.45, 7) is 5.79. The molecule has 1 N–H and O–H groups in total. The first kappa shape index (κ1) is 20.2. The van der Waals surface area contributed by atoms with Gasteiger partial charge in [-0.25, -0.2) is 4.98 Å². The van der Waals surface area contributed by atoms with Crippen LogP contribution in [-0.2, 0) is 25.7 Å². The Hall–Kier alpha value is -2.74. The van der Waals surface area contributed by atoms with Gasteiger partial charge in [0, 0.05) is 25.8 Å². The molecule has 1 saturated carbocycles. The smallest absolute Gasteiger partial charge is 0.240 e. The van der Waals surface area contributed by atoms with Crippen LogP contribution in [0.2, 0.25) is 0 Å². The summed E-state index contributed by atoms with van der Waals surface area (Å²) in [5, 5.41) is 2.81. The zero-order valence-corrected chi connectivity index (χ0v) is 17.9. The Morgan fingerprint density at radius 3 is 2.32 bits per heavy atom. The highest BCUT2D eigenvalue weighted by atomic mass is 16.5. The minimum Gasteiger partial charge on any atom is -0.372 e. The summed E-state index contributed by atoms with van der Waals surface area (Å²) in [6, 6.07) is 3.89. The lowest BCUT2D eigenvalue weighted by Gasteiger charge is -2.36. The molecule has 0 spiro atoms. The largest absolute Gasteiger partial charge is 0.372 e. The molecule has 1 aromatic heterocycles. The maximum Gasteiger partial charge on any atom is 0.240 e. The second kappa shape index (κ2) is 7.75. The number of likely N-dealkylation sites (tertiary alicyclic amines) is 1. The number of hydrogen-bond donors (Lipinski definition) is 1. The highest BCUT2D eigenvalue weighted by molar-refractivity contribution is 6.08. The molecule has 6 atom stereocenters. The van der Waals surface area contributed by atoms with E-state index >= 15 is 0 Å². The van der Waals surface area contributed by atoms with Gasteiger partial charge in [-0.05, 0) is 43.7 Å². The first-order chi connectivity index (χ1) is 14.9. The summed E-state index contributed by atoms with van der Waals surface area (Å²) in [4.78, 5) is 45.7. The Morgan fingerprint density at radius 1 is 1.10 bits per heavy atom. The number of pyridine rings is 1. The summed E-state index contributed by atoms with van der Waals surface area (Å²) in [5.41, 5.74) is 0.865. The monoisotopic (exact) mass is 424 g/mol. The fraction of sp³-hybridized carbons (Fsp3) is 0.565. The Labute approximate surface area is 181 Å². The molecule has 3 fully saturated rings. The molecule has 5 rings (SSSR count). The molecular formula is C23H28N4O4. The molecule has 2 bridgehead atoms. The van der Waals surface area contributed by atoms with Gasteiger partial charge in [-0.3, -0.25) is 19.3 Å². The predicted octanol–water partition coefficient (Wildman–Crippen LogP) is 1.12. The van der Waals surface area contributed by atoms with E-state index in [0.29, 0.717) is 6.54 Å². The van der Waals surface area contributed by atoms with Crippen molar-refractivity contribution in [3.63, 3.8) is 0 Å². The van der Waals surface area contributed by atoms with Crippen molar-refractivity contribution in [2.24, 2.45) is 23.7 Å². The van der Waals surface area contributed by atoms with E-state index in [4.69, 9.17) is 4.74 Å². The number of ether oxygens (including phenoxy) is 1. The van der Waals surface area contributed by atoms with E-state index in [1.54, 1.807) is 6.20 Å². The lowest BCUT2D eigenvalue weighted by molar-refractivity contribution is -0.144. The van der Waals surface area contributed by atoms with Gasteiger partial charge in [0.1, 0.15) is 12.4 Å². The average molecular weight is 425 g/mol. The van der Waals surface area contributed by atoms with E-state index in [0.717, 1.165) is 35.8 Å². The highest BCUT2D eigenvalue weighted by Crippen LogP contribution is 2.52. The number of rotatable bonds is 5. The van der Waals surface area contributed by atoms with Crippen molar-refractivity contribution in [1.82, 2.24) is 15.2 Å². The van der Waals surface area contributed by atoms with Crippen LogP contribution in [0.4, 0.5) is 5.82 Å². The van der Waals surface area contributed by atoms with Crippen LogP contribution in [0.25, 0.3) is 0 Å². The maximum atomic E-state index is 12.7. The molecule has 3 amide bonds. The number of morpholine rings is 1. The summed E-state index contributed by atoms with van der Waals surface area (Å²) in [7, 11) is 0. The van der Waals surface area contributed by atoms with Crippen molar-refractivity contribution in [2.45, 2.75) is 39.0 Å². The van der Waals surface area contributed by atoms with Crippen LogP contribution in [0, 0.1) is 23.7 Å². The second-order valence-corrected chi connectivity index (χ2v) is 9.23. The van der Waals surface area contributed by atoms with Gasteiger partial charge in [0.25, 0.3) is 0 Å². The predicted molar refractivity (Wildman–Crippen MR) is 113 cm³/mol. The quantitative estimate of drug-likeness (QED) is 0.563. The molecule has 2 aliphatic carbocycles. The average Bonchev–Trinajstić information content (AvgIpc) is 3.42. The van der Waals surface area contributed by atoms with E-state index in [9.17, 15) is 14.4 Å². The molecule has 8 nitrogen and oxygen atoms in total. The van der Waals surface area contributed by atoms with Gasteiger partial charge in [-0.1, -0.05) is 18.2 Å². The zero-order chi connectivity index (χ0) is 21.7. The van der Waals surface area contributed by atoms with Crippen LogP contribution >= 0.6 is 0 Å². The first-order valence-electron chi connectivity index (χ1n) is 11.1. The Morgan fingerprint density at radius 2 is 1.74 bits per heavy atom. The van der Waals surface area contributed by atoms with Crippen molar-refractivity contribution in [2.75, 3.05) is 24.5 Å². The van der Waals surface area contributed by atoms with Gasteiger partial charge in [0.2, 0.25) is 17.7 Å². The summed E-state index contributed by atoms with van der Waals surface area (Å²) < 4.78 is 5.76. The van der Waals surface area contributed by atoms with Crippen molar-refractivity contribution >= 4 is 23.5 Å². The Bertz CT molecular complexity index is 890. The lowest BCUT2D eigenvalue weighted by atomic mass is 9.85. The van der Waals surface area contributed by atoms with Crippen molar-refractivity contribution < 1.29 is 19.1 Å². The van der Waals surface area contributed by atoms with Gasteiger partial charge in [0.05, 0.1) is 24.0 Å². The molecule has 0 radical (unpaired) electrons. The third-order valence-corrected chi connectivity index (χ3v) is 6.91. The third-order valence-electron chi connectivity index (χ3n) is 6.91. The van der Waals surface area contributed by atoms with Crippen molar-refractivity contribution in [3.8, 4) is 0 Å². The third kappa shape index (κ3) is 3.63. The zero-order valence-electron chi connectivity index (χ0n) is 17.9. The minimum atomic E-state index is -0.332. The standard InChI is InChI=1S/C23H28N4O4/c1-13-10-26(11-14(2)31-13)18-6-3-15(8-24-18)9-25-19(28)12-27-22(29)20-16-4-5-17(7-16)21(20)23(27)30/h3-6,8,13-14,16-17,20-21H,7,9-12H2,1-2H3,(H,25,28)/t13-,14+,16-,17-,20-,21+/m0/s1. The number of aromatic nitrogens is 1. The molecule has 1 aromatic rings. The maximum absolute atomic E-state index is 12.7. The number of hydrogen-bond acceptors (Lipinski definition) is 6. The Balaban J connectivity index is 1.14. The molecule has 4 aliphatic rings. The van der Waals surface area contributed by atoms with Crippen LogP contribution in [0.1, 0.15) is 25.8 Å². The van der Waals surface area contributed by atoms with E-state index in [1.165, 1.54) is 0 Å². The van der Waals surface area contributed by atoms with E-state index in [-0.39, 0.29) is 60.1 Å². The number of allylic oxidation sites excluding steroid dienone is 2. The first-order valence-corrected chi connectivity index (χ1v) is 11.1. The van der Waals surface area contributed by atoms with Gasteiger partial charge in [-0.2, -0.15) is 0 Å². The summed E-state index contributed by atoms with van der Waals surface area (Å²) in [5.74, 6) is -0.0515. The van der Waals surface area contributed by atoms with Crippen LogP contribution in [0.15, 0.2) is 30.5 Å². The molecule has 2 saturated heterocycles. The van der Waals surface area contributed by atoms with Gasteiger partial charge >= 0.3 is 0 Å². The van der Waals surface area contributed by atoms with Gasteiger partial charge in [-0.15, -0.1) is 0 Å². The van der Waals surface area contributed by atoms with Crippen LogP contribution in [-0.4, -0.2) is 59.4 Å². The lowest BCUT2D eigenvalue weighted by Crippen LogP contribution is -2.45. The van der Waals surface area contributed by atoms with Crippen molar-refractivity contribution in [1.29, 1.82) is 0 Å². The number of carbonyl (C=O) groups is 3. The molecular weight excluding hydrogens is 396 g/mol. The normalized spacial score (nSPS) is 33.9. The fourth-order valence-electron chi connectivity index (χ4n) is 5.59. The van der Waals surface area contributed by atoms with Gasteiger partial charge in [0.15, 0.2) is 0 Å². The molecule has 2 aliphatic heterocycles. The van der Waals surface area contributed by atoms with E-state index in [1.807, 2.05) is 12.1 Å². The number of carbonyl (C=O) groups excluding carboxylic acids is 3. The SMILES string of the molecule is C[C@@H]1CN(c2ccc(CNC(=O)CN3C(=O)[C@@H]4[C@H](C3=O)[C@H]3C=C[C@H]4C3)cn2)C[C@H](C)O1. The van der Waals surface area contributed by atoms with Crippen LogP contribution < -0.4 is 10.2 Å². The summed E-state index contributed by atoms with van der Waals surface area (Å²) in [6.07, 6.45) is 7.06. The van der Waals surface area contributed by atoms with Crippen LogP contribution in [0.3, 0.4) is 0 Å². The number of amides is 3. The number of anilines is 1. The number of fused-ring (bicyclic) bond motifs is 5. The fourth-order valence-corrected chi connectivity index (χ4v) is 5.59. The number of nitrogens with one attached hydrogen (secondary N) is 1. The molecule has 8 heteroatoms. The van der Waals surface area contributed by atoms with Crippen LogP contribution in [0.5, 0.6) is 0 Å². The molecule has 3 heterocycles. The number of nitrogens with zero attached hydrogens (tertiary/aromatic N) is 3. The van der Waals surface area contributed by atoms with Crippen molar-refractivity contribution in [3.05, 3.63) is 36.0 Å². The minimum absolute atomic E-state index is 0.154. The number of imide groups is 1.